The maximum Gasteiger partial charge on any atom is 0.252 e. The van der Waals surface area contributed by atoms with Gasteiger partial charge in [-0.3, -0.25) is 9.59 Å². The summed E-state index contributed by atoms with van der Waals surface area (Å²) in [6, 6.07) is 6.87. The van der Waals surface area contributed by atoms with Gasteiger partial charge >= 0.3 is 0 Å². The highest BCUT2D eigenvalue weighted by molar-refractivity contribution is 6.07. The first-order valence-electron chi connectivity index (χ1n) is 7.83. The van der Waals surface area contributed by atoms with Crippen molar-refractivity contribution >= 4 is 11.7 Å². The van der Waals surface area contributed by atoms with E-state index < -0.39 is 0 Å². The summed E-state index contributed by atoms with van der Waals surface area (Å²) in [6.45, 7) is 4.91. The molecule has 0 unspecified atom stereocenters. The highest BCUT2D eigenvalue weighted by atomic mass is 16.3. The van der Waals surface area contributed by atoms with Crippen LogP contribution in [0.4, 0.5) is 0 Å². The molecule has 120 valence electrons. The largest absolute Gasteiger partial charge is 0.396 e. The molecule has 2 rings (SSSR count). The third-order valence-corrected chi connectivity index (χ3v) is 4.13. The van der Waals surface area contributed by atoms with Crippen LogP contribution in [0.5, 0.6) is 0 Å². The zero-order valence-electron chi connectivity index (χ0n) is 13.0. The van der Waals surface area contributed by atoms with Crippen molar-refractivity contribution in [3.05, 3.63) is 35.4 Å². The summed E-state index contributed by atoms with van der Waals surface area (Å²) in [4.78, 5) is 26.0. The molecule has 1 fully saturated rings. The van der Waals surface area contributed by atoms with E-state index >= 15 is 0 Å². The van der Waals surface area contributed by atoms with Gasteiger partial charge in [0, 0.05) is 31.8 Å². The van der Waals surface area contributed by atoms with Crippen LogP contribution < -0.4 is 5.32 Å². The van der Waals surface area contributed by atoms with Gasteiger partial charge in [-0.05, 0) is 38.3 Å². The number of hydrogen-bond acceptors (Lipinski definition) is 4. The Kier molecular flexibility index (Phi) is 6.10. The van der Waals surface area contributed by atoms with E-state index in [0.29, 0.717) is 23.6 Å². The quantitative estimate of drug-likeness (QED) is 0.778. The van der Waals surface area contributed by atoms with E-state index in [0.717, 1.165) is 32.5 Å². The number of amides is 1. The molecule has 0 saturated carbocycles. The second-order valence-electron chi connectivity index (χ2n) is 5.85. The predicted molar refractivity (Wildman–Crippen MR) is 85.0 cm³/mol. The summed E-state index contributed by atoms with van der Waals surface area (Å²) in [5.41, 5.74) is 0.889. The summed E-state index contributed by atoms with van der Waals surface area (Å²) in [5.74, 6) is 0.0389. The lowest BCUT2D eigenvalue weighted by Crippen LogP contribution is -2.41. The highest BCUT2D eigenvalue weighted by Crippen LogP contribution is 2.15. The van der Waals surface area contributed by atoms with E-state index in [-0.39, 0.29) is 18.3 Å². The van der Waals surface area contributed by atoms with E-state index in [1.807, 2.05) is 0 Å². The van der Waals surface area contributed by atoms with Gasteiger partial charge in [0.25, 0.3) is 5.91 Å². The smallest absolute Gasteiger partial charge is 0.252 e. The zero-order valence-corrected chi connectivity index (χ0v) is 13.0. The first-order valence-corrected chi connectivity index (χ1v) is 7.83. The minimum Gasteiger partial charge on any atom is -0.396 e. The molecule has 1 aliphatic heterocycles. The van der Waals surface area contributed by atoms with Crippen LogP contribution >= 0.6 is 0 Å². The topological polar surface area (TPSA) is 69.6 Å². The van der Waals surface area contributed by atoms with Crippen LogP contribution in [0.25, 0.3) is 0 Å². The Hall–Kier alpha value is -1.72. The molecule has 0 spiro atoms. The number of piperidine rings is 1. The second-order valence-corrected chi connectivity index (χ2v) is 5.85. The number of nitrogens with zero attached hydrogens (tertiary/aromatic N) is 1. The molecule has 1 heterocycles. The number of Topliss-reactive ketones (excluding diaryl/α,β-unsaturated/α-hetero) is 1. The molecule has 5 nitrogen and oxygen atoms in total. The fourth-order valence-corrected chi connectivity index (χ4v) is 2.91. The van der Waals surface area contributed by atoms with Gasteiger partial charge in [0.2, 0.25) is 0 Å². The summed E-state index contributed by atoms with van der Waals surface area (Å²) in [7, 11) is 0. The lowest BCUT2D eigenvalue weighted by molar-refractivity contribution is 0.0920. The monoisotopic (exact) mass is 304 g/mol. The van der Waals surface area contributed by atoms with Crippen LogP contribution in [0, 0.1) is 5.92 Å². The third kappa shape index (κ3) is 4.39. The molecule has 2 N–H and O–H groups in total. The normalized spacial score (nSPS) is 18.9. The molecule has 0 aromatic heterocycles. The summed E-state index contributed by atoms with van der Waals surface area (Å²) in [6.07, 6.45) is 2.16. The van der Waals surface area contributed by atoms with E-state index in [2.05, 4.69) is 10.2 Å². The molecule has 1 aliphatic rings. The Bertz CT molecular complexity index is 530. The van der Waals surface area contributed by atoms with Crippen LogP contribution in [0.15, 0.2) is 24.3 Å². The minimum absolute atomic E-state index is 0.104. The number of carbonyl (C=O) groups excluding carboxylic acids is 2. The van der Waals surface area contributed by atoms with Crippen molar-refractivity contribution in [2.24, 2.45) is 5.92 Å². The Morgan fingerprint density at radius 1 is 1.32 bits per heavy atom. The predicted octanol–water partition coefficient (Wildman–Crippen LogP) is 1.32. The minimum atomic E-state index is -0.207. The van der Waals surface area contributed by atoms with E-state index in [9.17, 15) is 14.7 Å². The average molecular weight is 304 g/mol. The van der Waals surface area contributed by atoms with Crippen LogP contribution in [0.2, 0.25) is 0 Å². The first kappa shape index (κ1) is 16.6. The summed E-state index contributed by atoms with van der Waals surface area (Å²) in [5, 5.41) is 12.1. The Balaban J connectivity index is 1.84. The summed E-state index contributed by atoms with van der Waals surface area (Å²) >= 11 is 0. The Morgan fingerprint density at radius 2 is 2.05 bits per heavy atom. The molecular formula is C17H24N2O3. The fourth-order valence-electron chi connectivity index (χ4n) is 2.91. The van der Waals surface area contributed by atoms with Crippen molar-refractivity contribution in [2.45, 2.75) is 19.8 Å². The molecule has 1 aromatic rings. The first-order chi connectivity index (χ1) is 10.6. The standard InChI is InChI=1S/C17H24N2O3/c1-13(21)15-6-2-3-7-16(15)17(22)18-8-10-19-9-4-5-14(11-19)12-20/h2-3,6-7,14,20H,4-5,8-12H2,1H3,(H,18,22)/t14-/m0/s1. The Morgan fingerprint density at radius 3 is 2.73 bits per heavy atom. The van der Waals surface area contributed by atoms with Crippen molar-refractivity contribution in [3.8, 4) is 0 Å². The van der Waals surface area contributed by atoms with Gasteiger partial charge in [-0.25, -0.2) is 0 Å². The fraction of sp³-hybridized carbons (Fsp3) is 0.529. The number of aliphatic hydroxyl groups is 1. The molecule has 1 aromatic carbocycles. The Labute approximate surface area is 131 Å². The lowest BCUT2D eigenvalue weighted by Gasteiger charge is -2.31. The molecule has 1 amide bonds. The van der Waals surface area contributed by atoms with Gasteiger partial charge in [0.15, 0.2) is 5.78 Å². The number of likely N-dealkylation sites (tertiary alicyclic amines) is 1. The van der Waals surface area contributed by atoms with Gasteiger partial charge in [0.05, 0.1) is 5.56 Å². The van der Waals surface area contributed by atoms with Gasteiger partial charge in [-0.1, -0.05) is 18.2 Å². The number of benzene rings is 1. The van der Waals surface area contributed by atoms with Gasteiger partial charge in [0.1, 0.15) is 0 Å². The van der Waals surface area contributed by atoms with Crippen LogP contribution in [0.1, 0.15) is 40.5 Å². The molecular weight excluding hydrogens is 280 g/mol. The molecule has 0 bridgehead atoms. The van der Waals surface area contributed by atoms with Gasteiger partial charge < -0.3 is 15.3 Å². The molecule has 1 saturated heterocycles. The third-order valence-electron chi connectivity index (χ3n) is 4.13. The van der Waals surface area contributed by atoms with Crippen molar-refractivity contribution in [1.29, 1.82) is 0 Å². The maximum absolute atomic E-state index is 12.2. The summed E-state index contributed by atoms with van der Waals surface area (Å²) < 4.78 is 0. The van der Waals surface area contributed by atoms with Crippen molar-refractivity contribution in [2.75, 3.05) is 32.8 Å². The van der Waals surface area contributed by atoms with Crippen molar-refractivity contribution in [1.82, 2.24) is 10.2 Å². The molecule has 22 heavy (non-hydrogen) atoms. The number of ketones is 1. The van der Waals surface area contributed by atoms with E-state index in [1.54, 1.807) is 24.3 Å². The van der Waals surface area contributed by atoms with Crippen LogP contribution in [-0.2, 0) is 0 Å². The zero-order chi connectivity index (χ0) is 15.9. The average Bonchev–Trinajstić information content (AvgIpc) is 2.55. The number of carbonyl (C=O) groups is 2. The van der Waals surface area contributed by atoms with Crippen molar-refractivity contribution in [3.63, 3.8) is 0 Å². The number of aliphatic hydroxyl groups excluding tert-OH is 1. The number of rotatable bonds is 6. The molecule has 1 atom stereocenters. The van der Waals surface area contributed by atoms with Gasteiger partial charge in [-0.15, -0.1) is 0 Å². The van der Waals surface area contributed by atoms with Crippen LogP contribution in [0.3, 0.4) is 0 Å². The second kappa shape index (κ2) is 8.06. The molecule has 0 aliphatic carbocycles. The maximum atomic E-state index is 12.2. The number of nitrogens with one attached hydrogen (secondary N) is 1. The van der Waals surface area contributed by atoms with E-state index in [1.165, 1.54) is 6.92 Å². The van der Waals surface area contributed by atoms with Crippen LogP contribution in [-0.4, -0.2) is 54.5 Å². The number of hydrogen-bond donors (Lipinski definition) is 2. The SMILES string of the molecule is CC(=O)c1ccccc1C(=O)NCCN1CCC[C@H](CO)C1. The highest BCUT2D eigenvalue weighted by Gasteiger charge is 2.19. The lowest BCUT2D eigenvalue weighted by atomic mass is 9.99. The van der Waals surface area contributed by atoms with Gasteiger partial charge in [-0.2, -0.15) is 0 Å². The van der Waals surface area contributed by atoms with Crippen molar-refractivity contribution < 1.29 is 14.7 Å². The molecule has 5 heteroatoms. The molecule has 0 radical (unpaired) electrons. The van der Waals surface area contributed by atoms with E-state index in [4.69, 9.17) is 0 Å².